The third-order valence-electron chi connectivity index (χ3n) is 3.78. The Kier molecular flexibility index (Phi) is 5.83. The maximum absolute atomic E-state index is 12.4. The minimum Gasteiger partial charge on any atom is -0.449 e. The molecule has 0 aromatic heterocycles. The molecule has 1 amide bonds. The van der Waals surface area contributed by atoms with Crippen LogP contribution in [0.1, 0.15) is 43.0 Å². The minimum absolute atomic E-state index is 0.135. The highest BCUT2D eigenvalue weighted by Gasteiger charge is 2.25. The summed E-state index contributed by atoms with van der Waals surface area (Å²) in [5.41, 5.74) is 6.39. The Morgan fingerprint density at radius 3 is 2.50 bits per heavy atom. The molecule has 5 nitrogen and oxygen atoms in total. The number of ether oxygens (including phenoxy) is 1. The Morgan fingerprint density at radius 2 is 1.86 bits per heavy atom. The van der Waals surface area contributed by atoms with E-state index in [1.165, 1.54) is 0 Å². The lowest BCUT2D eigenvalue weighted by molar-refractivity contribution is -0.139. The van der Waals surface area contributed by atoms with Crippen molar-refractivity contribution in [2.24, 2.45) is 0 Å². The monoisotopic (exact) mass is 368 g/mol. The van der Waals surface area contributed by atoms with Gasteiger partial charge in [-0.25, -0.2) is 4.79 Å². The van der Waals surface area contributed by atoms with E-state index in [4.69, 9.17) is 10.5 Å². The van der Waals surface area contributed by atoms with Crippen molar-refractivity contribution in [3.63, 3.8) is 0 Å². The molecule has 1 saturated heterocycles. The highest BCUT2D eigenvalue weighted by molar-refractivity contribution is 9.10. The normalized spacial score (nSPS) is 16.7. The summed E-state index contributed by atoms with van der Waals surface area (Å²) in [6.07, 6.45) is 3.50. The highest BCUT2D eigenvalue weighted by Crippen LogP contribution is 2.20. The molecular formula is C16H21BrN2O3. The van der Waals surface area contributed by atoms with E-state index in [-0.39, 0.29) is 11.5 Å². The lowest BCUT2D eigenvalue weighted by atomic mass is 10.2. The second-order valence-electron chi connectivity index (χ2n) is 5.52. The molecule has 0 radical (unpaired) electrons. The minimum atomic E-state index is -0.802. The van der Waals surface area contributed by atoms with E-state index in [9.17, 15) is 9.59 Å². The number of nitrogens with zero attached hydrogens (tertiary/aromatic N) is 1. The van der Waals surface area contributed by atoms with Gasteiger partial charge in [-0.3, -0.25) is 4.79 Å². The first-order valence-corrected chi connectivity index (χ1v) is 8.33. The van der Waals surface area contributed by atoms with Crippen molar-refractivity contribution in [3.8, 4) is 0 Å². The van der Waals surface area contributed by atoms with Crippen LogP contribution in [0, 0.1) is 0 Å². The molecule has 0 bridgehead atoms. The molecule has 0 unspecified atom stereocenters. The number of carbonyl (C=O) groups is 2. The average Bonchev–Trinajstić information content (AvgIpc) is 2.77. The van der Waals surface area contributed by atoms with Crippen molar-refractivity contribution in [3.05, 3.63) is 28.2 Å². The van der Waals surface area contributed by atoms with Gasteiger partial charge in [0.1, 0.15) is 0 Å². The van der Waals surface area contributed by atoms with Crippen LogP contribution in [0.4, 0.5) is 5.69 Å². The Morgan fingerprint density at radius 1 is 1.23 bits per heavy atom. The molecule has 2 rings (SSSR count). The zero-order valence-corrected chi connectivity index (χ0v) is 14.3. The molecule has 1 aromatic rings. The number of benzene rings is 1. The van der Waals surface area contributed by atoms with Crippen LogP contribution in [0.15, 0.2) is 22.7 Å². The summed E-state index contributed by atoms with van der Waals surface area (Å²) >= 11 is 3.29. The zero-order valence-electron chi connectivity index (χ0n) is 12.7. The number of hydrogen-bond acceptors (Lipinski definition) is 4. The summed E-state index contributed by atoms with van der Waals surface area (Å²) in [5.74, 6) is -0.710. The molecule has 120 valence electrons. The molecule has 22 heavy (non-hydrogen) atoms. The molecular weight excluding hydrogens is 348 g/mol. The Balaban J connectivity index is 2.01. The summed E-state index contributed by atoms with van der Waals surface area (Å²) in [5, 5.41) is 0. The first kappa shape index (κ1) is 16.8. The van der Waals surface area contributed by atoms with Crippen LogP contribution in [-0.2, 0) is 9.53 Å². The van der Waals surface area contributed by atoms with Gasteiger partial charge in [-0.2, -0.15) is 0 Å². The lowest BCUT2D eigenvalue weighted by Gasteiger charge is -2.24. The van der Waals surface area contributed by atoms with Crippen molar-refractivity contribution in [1.82, 2.24) is 4.90 Å². The number of nitrogen functional groups attached to an aromatic ring is 1. The number of hydrogen-bond donors (Lipinski definition) is 1. The van der Waals surface area contributed by atoms with E-state index >= 15 is 0 Å². The van der Waals surface area contributed by atoms with E-state index in [2.05, 4.69) is 15.9 Å². The Labute approximate surface area is 138 Å². The number of halogens is 1. The fraction of sp³-hybridized carbons (Fsp3) is 0.500. The Bertz CT molecular complexity index is 554. The maximum atomic E-state index is 12.4. The van der Waals surface area contributed by atoms with E-state index in [1.54, 1.807) is 30.0 Å². The number of rotatable bonds is 3. The van der Waals surface area contributed by atoms with Crippen LogP contribution < -0.4 is 5.73 Å². The van der Waals surface area contributed by atoms with Crippen LogP contribution >= 0.6 is 15.9 Å². The second-order valence-corrected chi connectivity index (χ2v) is 6.43. The molecule has 0 saturated carbocycles. The summed E-state index contributed by atoms with van der Waals surface area (Å²) in [6.45, 7) is 3.08. The summed E-state index contributed by atoms with van der Waals surface area (Å²) < 4.78 is 6.03. The van der Waals surface area contributed by atoms with Gasteiger partial charge < -0.3 is 15.4 Å². The first-order chi connectivity index (χ1) is 10.5. The van der Waals surface area contributed by atoms with Crippen LogP contribution in [0.3, 0.4) is 0 Å². The van der Waals surface area contributed by atoms with Gasteiger partial charge in [-0.05, 0) is 38.0 Å². The van der Waals surface area contributed by atoms with Crippen LogP contribution in [0.25, 0.3) is 0 Å². The Hall–Kier alpha value is -1.56. The lowest BCUT2D eigenvalue weighted by Crippen LogP contribution is -2.40. The molecule has 0 aliphatic carbocycles. The number of carbonyl (C=O) groups excluding carboxylic acids is 2. The van der Waals surface area contributed by atoms with Crippen molar-refractivity contribution in [2.75, 3.05) is 18.8 Å². The average molecular weight is 369 g/mol. The first-order valence-electron chi connectivity index (χ1n) is 7.54. The van der Waals surface area contributed by atoms with Crippen molar-refractivity contribution >= 4 is 33.5 Å². The third kappa shape index (κ3) is 4.22. The summed E-state index contributed by atoms with van der Waals surface area (Å²) in [6, 6.07) is 4.97. The van der Waals surface area contributed by atoms with Crippen LogP contribution in [0.5, 0.6) is 0 Å². The molecule has 1 atom stereocenters. The van der Waals surface area contributed by atoms with E-state index in [0.29, 0.717) is 5.69 Å². The molecule has 1 aliphatic rings. The smallest absolute Gasteiger partial charge is 0.341 e. The van der Waals surface area contributed by atoms with Gasteiger partial charge in [0.05, 0.1) is 5.56 Å². The molecule has 1 fully saturated rings. The molecule has 1 heterocycles. The van der Waals surface area contributed by atoms with Crippen molar-refractivity contribution < 1.29 is 14.3 Å². The SMILES string of the molecule is C[C@H](OC(=O)c1cc(Br)ccc1N)C(=O)N1CCCCCC1. The van der Waals surface area contributed by atoms with Gasteiger partial charge in [-0.15, -0.1) is 0 Å². The predicted molar refractivity (Wildman–Crippen MR) is 88.5 cm³/mol. The number of amides is 1. The zero-order chi connectivity index (χ0) is 16.1. The van der Waals surface area contributed by atoms with Crippen molar-refractivity contribution in [2.45, 2.75) is 38.7 Å². The number of nitrogens with two attached hydrogens (primary N) is 1. The number of anilines is 1. The fourth-order valence-electron chi connectivity index (χ4n) is 2.53. The number of likely N-dealkylation sites (tertiary alicyclic amines) is 1. The van der Waals surface area contributed by atoms with Gasteiger partial charge in [0, 0.05) is 23.2 Å². The van der Waals surface area contributed by atoms with Gasteiger partial charge >= 0.3 is 5.97 Å². The molecule has 1 aromatic carbocycles. The van der Waals surface area contributed by atoms with E-state index < -0.39 is 12.1 Å². The number of esters is 1. The van der Waals surface area contributed by atoms with Crippen LogP contribution in [0.2, 0.25) is 0 Å². The molecule has 0 spiro atoms. The summed E-state index contributed by atoms with van der Waals surface area (Å²) in [4.78, 5) is 26.4. The highest BCUT2D eigenvalue weighted by atomic mass is 79.9. The fourth-order valence-corrected chi connectivity index (χ4v) is 2.89. The predicted octanol–water partition coefficient (Wildman–Crippen LogP) is 2.98. The van der Waals surface area contributed by atoms with Gasteiger partial charge in [-0.1, -0.05) is 28.8 Å². The molecule has 6 heteroatoms. The van der Waals surface area contributed by atoms with E-state index in [0.717, 1.165) is 43.2 Å². The second kappa shape index (κ2) is 7.63. The van der Waals surface area contributed by atoms with Gasteiger partial charge in [0.15, 0.2) is 6.10 Å². The molecule has 1 aliphatic heterocycles. The van der Waals surface area contributed by atoms with Gasteiger partial charge in [0.2, 0.25) is 0 Å². The largest absolute Gasteiger partial charge is 0.449 e. The van der Waals surface area contributed by atoms with Crippen molar-refractivity contribution in [1.29, 1.82) is 0 Å². The van der Waals surface area contributed by atoms with Crippen LogP contribution in [-0.4, -0.2) is 36.0 Å². The maximum Gasteiger partial charge on any atom is 0.341 e. The quantitative estimate of drug-likeness (QED) is 0.657. The standard InChI is InChI=1S/C16H21BrN2O3/c1-11(15(20)19-8-4-2-3-5-9-19)22-16(21)13-10-12(17)6-7-14(13)18/h6-7,10-11H,2-5,8-9,18H2,1H3/t11-/m0/s1. The third-order valence-corrected chi connectivity index (χ3v) is 4.28. The van der Waals surface area contributed by atoms with Gasteiger partial charge in [0.25, 0.3) is 5.91 Å². The van der Waals surface area contributed by atoms with E-state index in [1.807, 2.05) is 0 Å². The molecule has 2 N–H and O–H groups in total. The topological polar surface area (TPSA) is 72.6 Å². The summed E-state index contributed by atoms with van der Waals surface area (Å²) in [7, 11) is 0.